The van der Waals surface area contributed by atoms with Crippen LogP contribution in [0, 0.1) is 5.41 Å². The van der Waals surface area contributed by atoms with Gasteiger partial charge in [-0.2, -0.15) is 0 Å². The van der Waals surface area contributed by atoms with E-state index in [1.165, 1.54) is 6.92 Å². The van der Waals surface area contributed by atoms with Gasteiger partial charge in [-0.15, -0.1) is 0 Å². The highest BCUT2D eigenvalue weighted by atomic mass is 16.5. The molecule has 4 nitrogen and oxygen atoms in total. The average molecular weight is 227 g/mol. The third kappa shape index (κ3) is 3.30. The number of rotatable bonds is 7. The Bertz CT molecular complexity index is 269. The molecule has 1 fully saturated rings. The number of nitrogens with one attached hydrogen (secondary N) is 1. The zero-order valence-corrected chi connectivity index (χ0v) is 10.3. The molecule has 0 atom stereocenters. The molecular formula is C12H21NO3. The van der Waals surface area contributed by atoms with Crippen LogP contribution in [0.15, 0.2) is 0 Å². The van der Waals surface area contributed by atoms with Gasteiger partial charge in [-0.3, -0.25) is 9.59 Å². The summed E-state index contributed by atoms with van der Waals surface area (Å²) < 4.78 is 5.35. The second-order valence-corrected chi connectivity index (χ2v) is 4.67. The molecule has 0 spiro atoms. The summed E-state index contributed by atoms with van der Waals surface area (Å²) >= 11 is 0. The van der Waals surface area contributed by atoms with E-state index in [4.69, 9.17) is 4.74 Å². The van der Waals surface area contributed by atoms with Gasteiger partial charge in [0.05, 0.1) is 6.10 Å². The van der Waals surface area contributed by atoms with E-state index in [0.717, 1.165) is 6.42 Å². The average Bonchev–Trinajstić information content (AvgIpc) is 2.96. The fourth-order valence-electron chi connectivity index (χ4n) is 1.63. The Kier molecular flexibility index (Phi) is 4.47. The van der Waals surface area contributed by atoms with Crippen LogP contribution in [0.25, 0.3) is 0 Å². The Morgan fingerprint density at radius 1 is 1.38 bits per heavy atom. The molecule has 1 N–H and O–H groups in total. The van der Waals surface area contributed by atoms with Crippen LogP contribution in [0.5, 0.6) is 0 Å². The molecule has 0 aromatic heterocycles. The first-order valence-electron chi connectivity index (χ1n) is 5.90. The van der Waals surface area contributed by atoms with Gasteiger partial charge in [0.15, 0.2) is 0 Å². The third-order valence-corrected chi connectivity index (χ3v) is 2.92. The molecular weight excluding hydrogens is 206 g/mol. The van der Waals surface area contributed by atoms with E-state index in [-0.39, 0.29) is 17.8 Å². The number of ether oxygens (including phenoxy) is 1. The van der Waals surface area contributed by atoms with Gasteiger partial charge in [0.1, 0.15) is 11.2 Å². The zero-order chi connectivity index (χ0) is 12.2. The van der Waals surface area contributed by atoms with Crippen molar-refractivity contribution in [1.82, 2.24) is 5.32 Å². The van der Waals surface area contributed by atoms with E-state index in [0.29, 0.717) is 26.0 Å². The van der Waals surface area contributed by atoms with Crippen molar-refractivity contribution < 1.29 is 14.3 Å². The Hall–Kier alpha value is -0.900. The molecule has 16 heavy (non-hydrogen) atoms. The minimum atomic E-state index is -0.682. The van der Waals surface area contributed by atoms with Crippen molar-refractivity contribution in [2.75, 3.05) is 13.2 Å². The third-order valence-electron chi connectivity index (χ3n) is 2.92. The summed E-state index contributed by atoms with van der Waals surface area (Å²) in [7, 11) is 0. The second kappa shape index (κ2) is 5.43. The number of carbonyl (C=O) groups excluding carboxylic acids is 2. The number of hydrogen-bond acceptors (Lipinski definition) is 3. The summed E-state index contributed by atoms with van der Waals surface area (Å²) in [6.45, 7) is 6.68. The quantitative estimate of drug-likeness (QED) is 0.526. The monoisotopic (exact) mass is 227 g/mol. The summed E-state index contributed by atoms with van der Waals surface area (Å²) in [5.41, 5.74) is -0.682. The van der Waals surface area contributed by atoms with Gasteiger partial charge in [-0.05, 0) is 40.0 Å². The molecule has 0 radical (unpaired) electrons. The molecule has 0 heterocycles. The van der Waals surface area contributed by atoms with Gasteiger partial charge in [0, 0.05) is 13.2 Å². The topological polar surface area (TPSA) is 55.4 Å². The van der Waals surface area contributed by atoms with Crippen LogP contribution in [0.1, 0.15) is 40.0 Å². The molecule has 1 amide bonds. The summed E-state index contributed by atoms with van der Waals surface area (Å²) in [6.07, 6.45) is 2.42. The molecule has 1 saturated carbocycles. The first-order chi connectivity index (χ1) is 7.49. The standard InChI is InChI=1S/C12H21NO3/c1-9(2)16-8-4-7-13-11(15)12(5-6-12)10(3)14/h9H,4-8H2,1-3H3,(H,13,15). The lowest BCUT2D eigenvalue weighted by Gasteiger charge is -2.12. The largest absolute Gasteiger partial charge is 0.379 e. The number of Topliss-reactive ketones (excluding diaryl/α,β-unsaturated/α-hetero) is 1. The number of ketones is 1. The van der Waals surface area contributed by atoms with Gasteiger partial charge < -0.3 is 10.1 Å². The molecule has 0 aromatic carbocycles. The Morgan fingerprint density at radius 2 is 2.00 bits per heavy atom. The second-order valence-electron chi connectivity index (χ2n) is 4.67. The minimum Gasteiger partial charge on any atom is -0.379 e. The smallest absolute Gasteiger partial charge is 0.233 e. The van der Waals surface area contributed by atoms with E-state index in [2.05, 4.69) is 5.32 Å². The van der Waals surface area contributed by atoms with Gasteiger partial charge in [-0.25, -0.2) is 0 Å². The van der Waals surface area contributed by atoms with E-state index in [9.17, 15) is 9.59 Å². The predicted molar refractivity (Wildman–Crippen MR) is 61.1 cm³/mol. The van der Waals surface area contributed by atoms with Gasteiger partial charge >= 0.3 is 0 Å². The van der Waals surface area contributed by atoms with Crippen LogP contribution in [0.4, 0.5) is 0 Å². The summed E-state index contributed by atoms with van der Waals surface area (Å²) in [5, 5.41) is 2.80. The van der Waals surface area contributed by atoms with E-state index >= 15 is 0 Å². The lowest BCUT2D eigenvalue weighted by atomic mass is 10.0. The van der Waals surface area contributed by atoms with E-state index in [1.54, 1.807) is 0 Å². The molecule has 92 valence electrons. The maximum Gasteiger partial charge on any atom is 0.233 e. The van der Waals surface area contributed by atoms with Crippen molar-refractivity contribution in [3.05, 3.63) is 0 Å². The highest BCUT2D eigenvalue weighted by Gasteiger charge is 2.53. The molecule has 0 aliphatic heterocycles. The van der Waals surface area contributed by atoms with Crippen LogP contribution >= 0.6 is 0 Å². The highest BCUT2D eigenvalue weighted by molar-refractivity contribution is 6.07. The molecule has 0 aromatic rings. The van der Waals surface area contributed by atoms with Crippen LogP contribution < -0.4 is 5.32 Å². The fourth-order valence-corrected chi connectivity index (χ4v) is 1.63. The zero-order valence-electron chi connectivity index (χ0n) is 10.3. The van der Waals surface area contributed by atoms with Crippen LogP contribution in [0.2, 0.25) is 0 Å². The molecule has 0 bridgehead atoms. The van der Waals surface area contributed by atoms with Crippen LogP contribution in [-0.4, -0.2) is 30.9 Å². The van der Waals surface area contributed by atoms with Crippen molar-refractivity contribution in [3.8, 4) is 0 Å². The summed E-state index contributed by atoms with van der Waals surface area (Å²) in [5.74, 6) is -0.118. The normalized spacial score (nSPS) is 17.2. The maximum absolute atomic E-state index is 11.7. The fraction of sp³-hybridized carbons (Fsp3) is 0.833. The summed E-state index contributed by atoms with van der Waals surface area (Å²) in [6, 6.07) is 0. The minimum absolute atomic E-state index is 0.0107. The molecule has 4 heteroatoms. The Morgan fingerprint density at radius 3 is 2.44 bits per heavy atom. The van der Waals surface area contributed by atoms with Crippen LogP contribution in [0.3, 0.4) is 0 Å². The first kappa shape index (κ1) is 13.2. The highest BCUT2D eigenvalue weighted by Crippen LogP contribution is 2.46. The van der Waals surface area contributed by atoms with Crippen molar-refractivity contribution in [2.45, 2.75) is 46.1 Å². The molecule has 0 unspecified atom stereocenters. The lowest BCUT2D eigenvalue weighted by molar-refractivity contribution is -0.134. The molecule has 1 aliphatic carbocycles. The SMILES string of the molecule is CC(=O)C1(C(=O)NCCCOC(C)C)CC1. The lowest BCUT2D eigenvalue weighted by Crippen LogP contribution is -2.36. The van der Waals surface area contributed by atoms with Gasteiger partial charge in [-0.1, -0.05) is 0 Å². The van der Waals surface area contributed by atoms with Gasteiger partial charge in [0.2, 0.25) is 5.91 Å². The Labute approximate surface area is 96.7 Å². The molecule has 0 saturated heterocycles. The number of carbonyl (C=O) groups is 2. The van der Waals surface area contributed by atoms with Gasteiger partial charge in [0.25, 0.3) is 0 Å². The molecule has 1 aliphatic rings. The number of amides is 1. The van der Waals surface area contributed by atoms with E-state index < -0.39 is 5.41 Å². The van der Waals surface area contributed by atoms with Crippen molar-refractivity contribution in [2.24, 2.45) is 5.41 Å². The summed E-state index contributed by atoms with van der Waals surface area (Å²) in [4.78, 5) is 23.0. The first-order valence-corrected chi connectivity index (χ1v) is 5.90. The van der Waals surface area contributed by atoms with Crippen LogP contribution in [-0.2, 0) is 14.3 Å². The molecule has 1 rings (SSSR count). The number of hydrogen-bond donors (Lipinski definition) is 1. The van der Waals surface area contributed by atoms with E-state index in [1.807, 2.05) is 13.8 Å². The predicted octanol–water partition coefficient (Wildman–Crippen LogP) is 1.29. The van der Waals surface area contributed by atoms with Crippen molar-refractivity contribution in [3.63, 3.8) is 0 Å². The Balaban J connectivity index is 2.14. The van der Waals surface area contributed by atoms with Crippen molar-refractivity contribution in [1.29, 1.82) is 0 Å². The van der Waals surface area contributed by atoms with Crippen molar-refractivity contribution >= 4 is 11.7 Å². The maximum atomic E-state index is 11.7.